The first kappa shape index (κ1) is 18.5. The third-order valence-corrected chi connectivity index (χ3v) is 3.44. The summed E-state index contributed by atoms with van der Waals surface area (Å²) in [6.07, 6.45) is -0.110. The van der Waals surface area contributed by atoms with E-state index in [2.05, 4.69) is 5.32 Å². The SMILES string of the molecule is CCN(CC)C(=O)c1ccc(NC(=O)N(C)CCC(=O)O)cc1. The molecule has 7 nitrogen and oxygen atoms in total. The Kier molecular flexibility index (Phi) is 7.05. The number of rotatable bonds is 7. The number of nitrogens with zero attached hydrogens (tertiary/aromatic N) is 2. The van der Waals surface area contributed by atoms with Gasteiger partial charge in [-0.2, -0.15) is 0 Å². The van der Waals surface area contributed by atoms with E-state index in [0.717, 1.165) is 0 Å². The third kappa shape index (κ3) is 5.61. The van der Waals surface area contributed by atoms with Crippen molar-refractivity contribution in [2.45, 2.75) is 20.3 Å². The number of benzene rings is 1. The Morgan fingerprint density at radius 3 is 2.13 bits per heavy atom. The molecule has 0 aliphatic carbocycles. The molecule has 0 atom stereocenters. The molecule has 0 spiro atoms. The lowest BCUT2D eigenvalue weighted by atomic mass is 10.2. The molecule has 0 saturated heterocycles. The zero-order valence-electron chi connectivity index (χ0n) is 13.7. The number of hydrogen-bond acceptors (Lipinski definition) is 3. The summed E-state index contributed by atoms with van der Waals surface area (Å²) < 4.78 is 0. The quantitative estimate of drug-likeness (QED) is 0.805. The number of anilines is 1. The van der Waals surface area contributed by atoms with Crippen LogP contribution >= 0.6 is 0 Å². The Bertz CT molecular complexity index is 553. The Morgan fingerprint density at radius 1 is 1.09 bits per heavy atom. The number of aliphatic carboxylic acids is 1. The minimum atomic E-state index is -0.955. The molecule has 0 radical (unpaired) electrons. The minimum Gasteiger partial charge on any atom is -0.481 e. The van der Waals surface area contributed by atoms with Crippen molar-refractivity contribution in [2.75, 3.05) is 32.0 Å². The molecular weight excluding hydrogens is 298 g/mol. The van der Waals surface area contributed by atoms with Crippen molar-refractivity contribution >= 4 is 23.6 Å². The minimum absolute atomic E-state index is 0.0496. The van der Waals surface area contributed by atoms with Crippen molar-refractivity contribution in [2.24, 2.45) is 0 Å². The van der Waals surface area contributed by atoms with Crippen LogP contribution in [0.2, 0.25) is 0 Å². The fraction of sp³-hybridized carbons (Fsp3) is 0.438. The molecule has 0 saturated carbocycles. The zero-order chi connectivity index (χ0) is 17.4. The Labute approximate surface area is 135 Å². The molecule has 0 aliphatic rings. The summed E-state index contributed by atoms with van der Waals surface area (Å²) in [6.45, 7) is 5.25. The number of urea groups is 1. The Morgan fingerprint density at radius 2 is 1.65 bits per heavy atom. The summed E-state index contributed by atoms with van der Waals surface area (Å²) in [5, 5.41) is 11.3. The van der Waals surface area contributed by atoms with Crippen LogP contribution in [0.25, 0.3) is 0 Å². The lowest BCUT2D eigenvalue weighted by Crippen LogP contribution is -2.33. The predicted octanol–water partition coefficient (Wildman–Crippen LogP) is 2.11. The third-order valence-electron chi connectivity index (χ3n) is 3.44. The molecule has 23 heavy (non-hydrogen) atoms. The number of carboxylic acids is 1. The van der Waals surface area contributed by atoms with Gasteiger partial charge in [-0.25, -0.2) is 4.79 Å². The van der Waals surface area contributed by atoms with Gasteiger partial charge in [0.2, 0.25) is 0 Å². The molecule has 0 unspecified atom stereocenters. The van der Waals surface area contributed by atoms with Crippen molar-refractivity contribution in [1.29, 1.82) is 0 Å². The summed E-state index contributed by atoms with van der Waals surface area (Å²) in [5.41, 5.74) is 1.11. The first-order valence-corrected chi connectivity index (χ1v) is 7.52. The number of hydrogen-bond donors (Lipinski definition) is 2. The van der Waals surface area contributed by atoms with Crippen molar-refractivity contribution in [3.8, 4) is 0 Å². The smallest absolute Gasteiger partial charge is 0.321 e. The van der Waals surface area contributed by atoms with Gasteiger partial charge in [0.1, 0.15) is 0 Å². The average Bonchev–Trinajstić information content (AvgIpc) is 2.54. The number of carbonyl (C=O) groups excluding carboxylic acids is 2. The van der Waals surface area contributed by atoms with E-state index in [0.29, 0.717) is 24.3 Å². The summed E-state index contributed by atoms with van der Waals surface area (Å²) in [5.74, 6) is -1.00. The maximum atomic E-state index is 12.2. The highest BCUT2D eigenvalue weighted by atomic mass is 16.4. The van der Waals surface area contributed by atoms with Crippen LogP contribution in [0, 0.1) is 0 Å². The molecule has 0 aliphatic heterocycles. The molecule has 0 fully saturated rings. The van der Waals surface area contributed by atoms with E-state index in [1.54, 1.807) is 29.2 Å². The Balaban J connectivity index is 2.65. The van der Waals surface area contributed by atoms with E-state index >= 15 is 0 Å². The van der Waals surface area contributed by atoms with Crippen molar-refractivity contribution in [3.63, 3.8) is 0 Å². The molecule has 1 aromatic rings. The zero-order valence-corrected chi connectivity index (χ0v) is 13.7. The van der Waals surface area contributed by atoms with E-state index in [-0.39, 0.29) is 18.9 Å². The molecule has 2 N–H and O–H groups in total. The van der Waals surface area contributed by atoms with Gasteiger partial charge >= 0.3 is 12.0 Å². The van der Waals surface area contributed by atoms with Gasteiger partial charge in [-0.3, -0.25) is 9.59 Å². The molecule has 1 rings (SSSR count). The molecule has 126 valence electrons. The molecular formula is C16H23N3O4. The molecule has 3 amide bonds. The van der Waals surface area contributed by atoms with E-state index in [4.69, 9.17) is 5.11 Å². The standard InChI is InChI=1S/C16H23N3O4/c1-4-19(5-2)15(22)12-6-8-13(9-7-12)17-16(23)18(3)11-10-14(20)21/h6-9H,4-5,10-11H2,1-3H3,(H,17,23)(H,20,21). The normalized spacial score (nSPS) is 10.0. The van der Waals surface area contributed by atoms with E-state index in [9.17, 15) is 14.4 Å². The maximum Gasteiger partial charge on any atom is 0.321 e. The second kappa shape index (κ2) is 8.77. The van der Waals surface area contributed by atoms with Crippen molar-refractivity contribution in [1.82, 2.24) is 9.80 Å². The monoisotopic (exact) mass is 321 g/mol. The lowest BCUT2D eigenvalue weighted by molar-refractivity contribution is -0.137. The van der Waals surface area contributed by atoms with Crippen LogP contribution in [0.3, 0.4) is 0 Å². The number of carbonyl (C=O) groups is 3. The largest absolute Gasteiger partial charge is 0.481 e. The van der Waals surface area contributed by atoms with Gasteiger partial charge in [0, 0.05) is 37.9 Å². The molecule has 0 bridgehead atoms. The van der Waals surface area contributed by atoms with E-state index in [1.807, 2.05) is 13.8 Å². The first-order valence-electron chi connectivity index (χ1n) is 7.52. The maximum absolute atomic E-state index is 12.2. The average molecular weight is 321 g/mol. The topological polar surface area (TPSA) is 90.0 Å². The van der Waals surface area contributed by atoms with Crippen LogP contribution in [0.1, 0.15) is 30.6 Å². The van der Waals surface area contributed by atoms with Crippen LogP contribution in [0.4, 0.5) is 10.5 Å². The summed E-state index contributed by atoms with van der Waals surface area (Å²) >= 11 is 0. The van der Waals surface area contributed by atoms with Crippen molar-refractivity contribution in [3.05, 3.63) is 29.8 Å². The van der Waals surface area contributed by atoms with Gasteiger partial charge in [-0.1, -0.05) is 0 Å². The highest BCUT2D eigenvalue weighted by molar-refractivity contribution is 5.95. The van der Waals surface area contributed by atoms with Crippen LogP contribution in [0.15, 0.2) is 24.3 Å². The van der Waals surface area contributed by atoms with Crippen LogP contribution in [-0.4, -0.2) is 59.5 Å². The number of nitrogens with one attached hydrogen (secondary N) is 1. The summed E-state index contributed by atoms with van der Waals surface area (Å²) in [4.78, 5) is 37.6. The summed E-state index contributed by atoms with van der Waals surface area (Å²) in [7, 11) is 1.52. The predicted molar refractivity (Wildman–Crippen MR) is 87.6 cm³/mol. The van der Waals surface area contributed by atoms with Gasteiger partial charge in [0.15, 0.2) is 0 Å². The molecule has 1 aromatic carbocycles. The molecule has 0 heterocycles. The highest BCUT2D eigenvalue weighted by Crippen LogP contribution is 2.12. The van der Waals surface area contributed by atoms with Gasteiger partial charge in [-0.05, 0) is 38.1 Å². The van der Waals surface area contributed by atoms with E-state index < -0.39 is 12.0 Å². The van der Waals surface area contributed by atoms with Crippen LogP contribution in [-0.2, 0) is 4.79 Å². The van der Waals surface area contributed by atoms with Crippen molar-refractivity contribution < 1.29 is 19.5 Å². The Hall–Kier alpha value is -2.57. The molecule has 7 heteroatoms. The second-order valence-electron chi connectivity index (χ2n) is 5.05. The number of carboxylic acid groups (broad SMARTS) is 1. The summed E-state index contributed by atoms with van der Waals surface area (Å²) in [6, 6.07) is 6.23. The van der Waals surface area contributed by atoms with Crippen LogP contribution < -0.4 is 5.32 Å². The second-order valence-corrected chi connectivity index (χ2v) is 5.05. The highest BCUT2D eigenvalue weighted by Gasteiger charge is 2.13. The van der Waals surface area contributed by atoms with Gasteiger partial charge in [-0.15, -0.1) is 0 Å². The van der Waals surface area contributed by atoms with Crippen LogP contribution in [0.5, 0.6) is 0 Å². The number of amides is 3. The van der Waals surface area contributed by atoms with Gasteiger partial charge in [0.05, 0.1) is 6.42 Å². The van der Waals surface area contributed by atoms with Gasteiger partial charge < -0.3 is 20.2 Å². The van der Waals surface area contributed by atoms with Gasteiger partial charge in [0.25, 0.3) is 5.91 Å². The fourth-order valence-electron chi connectivity index (χ4n) is 1.97. The fourth-order valence-corrected chi connectivity index (χ4v) is 1.97. The first-order chi connectivity index (χ1) is 10.9. The lowest BCUT2D eigenvalue weighted by Gasteiger charge is -2.19. The molecule has 0 aromatic heterocycles. The van der Waals surface area contributed by atoms with E-state index in [1.165, 1.54) is 11.9 Å².